The molecule has 0 aromatic heterocycles. The second-order valence-electron chi connectivity index (χ2n) is 5.33. The SMILES string of the molecule is CC(O)CN(CCO)CCN(CC(C)O)CC(C)O.[Zr]. The molecular weight excluding hydrogens is 339 g/mol. The quantitative estimate of drug-likeness (QED) is 0.363. The van der Waals surface area contributed by atoms with Gasteiger partial charge in [0, 0.05) is 65.5 Å². The summed E-state index contributed by atoms with van der Waals surface area (Å²) in [6.45, 7) is 8.62. The monoisotopic (exact) mass is 368 g/mol. The number of hydrogen-bond acceptors (Lipinski definition) is 6. The summed E-state index contributed by atoms with van der Waals surface area (Å²) in [5.74, 6) is 0. The van der Waals surface area contributed by atoms with Crippen molar-refractivity contribution < 1.29 is 46.6 Å². The molecule has 6 nitrogen and oxygen atoms in total. The number of hydrogen-bond donors (Lipinski definition) is 4. The zero-order valence-corrected chi connectivity index (χ0v) is 15.3. The zero-order valence-electron chi connectivity index (χ0n) is 12.9. The van der Waals surface area contributed by atoms with Crippen molar-refractivity contribution in [3.8, 4) is 0 Å². The average Bonchev–Trinajstić information content (AvgIpc) is 2.23. The van der Waals surface area contributed by atoms with Crippen molar-refractivity contribution in [1.29, 1.82) is 0 Å². The normalized spacial score (nSPS) is 16.1. The molecule has 0 aliphatic carbocycles. The van der Waals surface area contributed by atoms with E-state index in [1.165, 1.54) is 0 Å². The van der Waals surface area contributed by atoms with E-state index in [9.17, 15) is 15.3 Å². The van der Waals surface area contributed by atoms with Gasteiger partial charge in [-0.05, 0) is 20.8 Å². The molecule has 120 valence electrons. The molecule has 0 saturated heterocycles. The average molecular weight is 370 g/mol. The van der Waals surface area contributed by atoms with Crippen molar-refractivity contribution in [2.45, 2.75) is 39.1 Å². The molecule has 0 bridgehead atoms. The Morgan fingerprint density at radius 3 is 1.40 bits per heavy atom. The minimum atomic E-state index is -0.443. The van der Waals surface area contributed by atoms with E-state index in [-0.39, 0.29) is 32.8 Å². The molecule has 0 aromatic carbocycles. The van der Waals surface area contributed by atoms with Gasteiger partial charge in [0.15, 0.2) is 0 Å². The van der Waals surface area contributed by atoms with Gasteiger partial charge in [-0.25, -0.2) is 0 Å². The second-order valence-corrected chi connectivity index (χ2v) is 5.33. The van der Waals surface area contributed by atoms with Crippen LogP contribution < -0.4 is 0 Å². The van der Waals surface area contributed by atoms with Gasteiger partial charge < -0.3 is 20.4 Å². The first-order valence-electron chi connectivity index (χ1n) is 6.94. The molecule has 0 fully saturated rings. The Kier molecular flexibility index (Phi) is 15.3. The number of nitrogens with zero attached hydrogens (tertiary/aromatic N) is 2. The molecular formula is C13H30N2O4Zr. The number of aliphatic hydroxyl groups excluding tert-OH is 4. The van der Waals surface area contributed by atoms with Crippen LogP contribution in [0.3, 0.4) is 0 Å². The third kappa shape index (κ3) is 13.6. The maximum absolute atomic E-state index is 9.43. The topological polar surface area (TPSA) is 87.4 Å². The predicted molar refractivity (Wildman–Crippen MR) is 75.0 cm³/mol. The fraction of sp³-hybridized carbons (Fsp3) is 1.00. The predicted octanol–water partition coefficient (Wildman–Crippen LogP) is -1.28. The fourth-order valence-corrected chi connectivity index (χ4v) is 2.10. The van der Waals surface area contributed by atoms with Gasteiger partial charge >= 0.3 is 0 Å². The van der Waals surface area contributed by atoms with Crippen molar-refractivity contribution in [2.24, 2.45) is 0 Å². The maximum Gasteiger partial charge on any atom is 0.0639 e. The summed E-state index contributed by atoms with van der Waals surface area (Å²) < 4.78 is 0. The van der Waals surface area contributed by atoms with Crippen LogP contribution in [0.25, 0.3) is 0 Å². The van der Waals surface area contributed by atoms with Gasteiger partial charge in [0.2, 0.25) is 0 Å². The fourth-order valence-electron chi connectivity index (χ4n) is 2.10. The summed E-state index contributed by atoms with van der Waals surface area (Å²) in [7, 11) is 0. The van der Waals surface area contributed by atoms with Crippen LogP contribution in [0.15, 0.2) is 0 Å². The van der Waals surface area contributed by atoms with E-state index in [1.54, 1.807) is 20.8 Å². The second kappa shape index (κ2) is 13.3. The van der Waals surface area contributed by atoms with Gasteiger partial charge in [-0.2, -0.15) is 0 Å². The van der Waals surface area contributed by atoms with E-state index in [2.05, 4.69) is 0 Å². The molecule has 3 unspecified atom stereocenters. The van der Waals surface area contributed by atoms with E-state index in [0.717, 1.165) is 0 Å². The van der Waals surface area contributed by atoms with Crippen LogP contribution in [-0.4, -0.2) is 94.4 Å². The van der Waals surface area contributed by atoms with Gasteiger partial charge in [-0.1, -0.05) is 0 Å². The summed E-state index contributed by atoms with van der Waals surface area (Å²) in [6.07, 6.45) is -1.32. The minimum Gasteiger partial charge on any atom is -0.395 e. The molecule has 0 aliphatic heterocycles. The first-order valence-corrected chi connectivity index (χ1v) is 6.94. The Morgan fingerprint density at radius 2 is 1.05 bits per heavy atom. The molecule has 7 heteroatoms. The van der Waals surface area contributed by atoms with E-state index in [1.807, 2.05) is 9.80 Å². The Morgan fingerprint density at radius 1 is 0.700 bits per heavy atom. The van der Waals surface area contributed by atoms with Crippen molar-refractivity contribution in [2.75, 3.05) is 45.9 Å². The van der Waals surface area contributed by atoms with Gasteiger partial charge in [-0.3, -0.25) is 9.80 Å². The Labute approximate surface area is 141 Å². The first-order chi connectivity index (χ1) is 8.85. The summed E-state index contributed by atoms with van der Waals surface area (Å²) in [5.41, 5.74) is 0. The van der Waals surface area contributed by atoms with Crippen molar-refractivity contribution in [3.63, 3.8) is 0 Å². The van der Waals surface area contributed by atoms with Crippen LogP contribution >= 0.6 is 0 Å². The Balaban J connectivity index is 0. The molecule has 0 heterocycles. The zero-order chi connectivity index (χ0) is 14.8. The molecule has 0 saturated carbocycles. The van der Waals surface area contributed by atoms with E-state index < -0.39 is 18.3 Å². The van der Waals surface area contributed by atoms with Crippen molar-refractivity contribution in [1.82, 2.24) is 9.80 Å². The summed E-state index contributed by atoms with van der Waals surface area (Å²) in [4.78, 5) is 3.96. The number of aliphatic hydroxyl groups is 4. The molecule has 0 aromatic rings. The molecule has 0 aliphatic rings. The van der Waals surface area contributed by atoms with Crippen molar-refractivity contribution >= 4 is 0 Å². The summed E-state index contributed by atoms with van der Waals surface area (Å²) in [5, 5.41) is 37.2. The van der Waals surface area contributed by atoms with Crippen LogP contribution in [0.4, 0.5) is 0 Å². The van der Waals surface area contributed by atoms with E-state index in [4.69, 9.17) is 5.11 Å². The minimum absolute atomic E-state index is 0. The third-order valence-corrected chi connectivity index (χ3v) is 2.72. The summed E-state index contributed by atoms with van der Waals surface area (Å²) >= 11 is 0. The molecule has 0 rings (SSSR count). The van der Waals surface area contributed by atoms with E-state index in [0.29, 0.717) is 39.3 Å². The third-order valence-electron chi connectivity index (χ3n) is 2.72. The van der Waals surface area contributed by atoms with Gasteiger partial charge in [-0.15, -0.1) is 0 Å². The first kappa shape index (κ1) is 22.9. The Hall–Kier alpha value is 0.643. The van der Waals surface area contributed by atoms with Crippen LogP contribution in [0, 0.1) is 0 Å². The molecule has 0 spiro atoms. The largest absolute Gasteiger partial charge is 0.395 e. The smallest absolute Gasteiger partial charge is 0.0639 e. The molecule has 0 amide bonds. The van der Waals surface area contributed by atoms with Crippen molar-refractivity contribution in [3.05, 3.63) is 0 Å². The van der Waals surface area contributed by atoms with Gasteiger partial charge in [0.1, 0.15) is 0 Å². The summed E-state index contributed by atoms with van der Waals surface area (Å²) in [6, 6.07) is 0. The molecule has 0 radical (unpaired) electrons. The molecule has 3 atom stereocenters. The van der Waals surface area contributed by atoms with Crippen LogP contribution in [-0.2, 0) is 26.2 Å². The van der Waals surface area contributed by atoms with E-state index >= 15 is 0 Å². The maximum atomic E-state index is 9.43. The number of rotatable bonds is 11. The molecule has 4 N–H and O–H groups in total. The Bertz CT molecular complexity index is 209. The van der Waals surface area contributed by atoms with Gasteiger partial charge in [0.25, 0.3) is 0 Å². The standard InChI is InChI=1S/C13H30N2O4.Zr/c1-11(17)8-14(6-7-16)4-5-15(9-12(2)18)10-13(3)19;/h11-13,16-19H,4-10H2,1-3H3;. The molecule has 20 heavy (non-hydrogen) atoms. The van der Waals surface area contributed by atoms with Crippen LogP contribution in [0.2, 0.25) is 0 Å². The van der Waals surface area contributed by atoms with Crippen LogP contribution in [0.1, 0.15) is 20.8 Å². The van der Waals surface area contributed by atoms with Crippen LogP contribution in [0.5, 0.6) is 0 Å². The van der Waals surface area contributed by atoms with Gasteiger partial charge in [0.05, 0.1) is 24.9 Å².